The van der Waals surface area contributed by atoms with Crippen molar-refractivity contribution in [3.63, 3.8) is 0 Å². The first kappa shape index (κ1) is 11.3. The van der Waals surface area contributed by atoms with Crippen molar-refractivity contribution in [3.05, 3.63) is 41.5 Å². The highest BCUT2D eigenvalue weighted by Gasteiger charge is 2.19. The fraction of sp³-hybridized carbons (Fsp3) is 0.214. The molecule has 3 N–H and O–H groups in total. The Balaban J connectivity index is 2.68. The lowest BCUT2D eigenvalue weighted by molar-refractivity contribution is 0.868. The Morgan fingerprint density at radius 3 is 2.41 bits per heavy atom. The van der Waals surface area contributed by atoms with Gasteiger partial charge in [-0.25, -0.2) is 0 Å². The highest BCUT2D eigenvalue weighted by Crippen LogP contribution is 2.34. The Labute approximate surface area is 101 Å². The van der Waals surface area contributed by atoms with E-state index in [9.17, 15) is 0 Å². The molecule has 0 saturated carbocycles. The van der Waals surface area contributed by atoms with Crippen LogP contribution < -0.4 is 5.73 Å². The smallest absolute Gasteiger partial charge is 0.119 e. The summed E-state index contributed by atoms with van der Waals surface area (Å²) in [6.45, 7) is 4.13. The Hall–Kier alpha value is -2.21. The molecule has 1 heterocycles. The molecular formula is C14H15N3. The van der Waals surface area contributed by atoms with Gasteiger partial charge in [0.05, 0.1) is 11.3 Å². The summed E-state index contributed by atoms with van der Waals surface area (Å²) in [5.74, 6) is 0.712. The van der Waals surface area contributed by atoms with E-state index < -0.39 is 0 Å². The predicted molar refractivity (Wildman–Crippen MR) is 69.4 cm³/mol. The number of nitrogens with two attached hydrogens (primary N) is 1. The summed E-state index contributed by atoms with van der Waals surface area (Å²) in [5, 5.41) is 9.16. The maximum absolute atomic E-state index is 9.16. The van der Waals surface area contributed by atoms with Crippen LogP contribution in [0.4, 0.5) is 5.82 Å². The number of aromatic nitrogens is 1. The van der Waals surface area contributed by atoms with Crippen molar-refractivity contribution in [2.24, 2.45) is 0 Å². The van der Waals surface area contributed by atoms with E-state index >= 15 is 0 Å². The zero-order chi connectivity index (χ0) is 12.4. The molecule has 0 radical (unpaired) electrons. The monoisotopic (exact) mass is 225 g/mol. The molecule has 0 spiro atoms. The topological polar surface area (TPSA) is 65.6 Å². The summed E-state index contributed by atoms with van der Waals surface area (Å²) in [6, 6.07) is 12.1. The number of hydrogen-bond acceptors (Lipinski definition) is 2. The standard InChI is InChI=1S/C14H15N3/c1-9(2)12-11(8-15)14(16)17-13(12)10-6-4-3-5-7-10/h3-7,9,17H,16H2,1-2H3. The Morgan fingerprint density at radius 1 is 1.24 bits per heavy atom. The van der Waals surface area contributed by atoms with E-state index in [1.54, 1.807) is 0 Å². The normalized spacial score (nSPS) is 10.5. The average Bonchev–Trinajstić information content (AvgIpc) is 2.67. The first-order chi connectivity index (χ1) is 8.15. The van der Waals surface area contributed by atoms with Gasteiger partial charge in [-0.2, -0.15) is 5.26 Å². The molecule has 0 amide bonds. The zero-order valence-corrected chi connectivity index (χ0v) is 9.99. The summed E-state index contributed by atoms with van der Waals surface area (Å²) in [6.07, 6.45) is 0. The number of nitrogens with zero attached hydrogens (tertiary/aromatic N) is 1. The number of aromatic amines is 1. The van der Waals surface area contributed by atoms with E-state index in [-0.39, 0.29) is 5.92 Å². The lowest BCUT2D eigenvalue weighted by Crippen LogP contribution is -1.93. The first-order valence-corrected chi connectivity index (χ1v) is 5.62. The molecule has 3 heteroatoms. The van der Waals surface area contributed by atoms with Gasteiger partial charge in [-0.15, -0.1) is 0 Å². The molecule has 0 fully saturated rings. The molecule has 2 rings (SSSR count). The number of anilines is 1. The van der Waals surface area contributed by atoms with Crippen molar-refractivity contribution in [1.82, 2.24) is 4.98 Å². The molecular weight excluding hydrogens is 210 g/mol. The van der Waals surface area contributed by atoms with Gasteiger partial charge in [0.25, 0.3) is 0 Å². The fourth-order valence-corrected chi connectivity index (χ4v) is 2.06. The van der Waals surface area contributed by atoms with Crippen LogP contribution in [0.15, 0.2) is 30.3 Å². The number of benzene rings is 1. The van der Waals surface area contributed by atoms with Crippen LogP contribution in [0.3, 0.4) is 0 Å². The zero-order valence-electron chi connectivity index (χ0n) is 9.99. The number of nitriles is 1. The molecule has 0 aliphatic rings. The average molecular weight is 225 g/mol. The van der Waals surface area contributed by atoms with Crippen LogP contribution in [0.1, 0.15) is 30.9 Å². The Morgan fingerprint density at radius 2 is 1.88 bits per heavy atom. The highest BCUT2D eigenvalue weighted by atomic mass is 14.9. The van der Waals surface area contributed by atoms with Gasteiger partial charge in [0, 0.05) is 5.56 Å². The van der Waals surface area contributed by atoms with E-state index in [0.29, 0.717) is 11.4 Å². The van der Waals surface area contributed by atoms with Crippen LogP contribution in [0, 0.1) is 11.3 Å². The van der Waals surface area contributed by atoms with Crippen molar-refractivity contribution >= 4 is 5.82 Å². The second-order valence-electron chi connectivity index (χ2n) is 4.33. The molecule has 0 saturated heterocycles. The van der Waals surface area contributed by atoms with E-state index in [1.165, 1.54) is 0 Å². The first-order valence-electron chi connectivity index (χ1n) is 5.62. The Kier molecular flexibility index (Phi) is 2.88. The highest BCUT2D eigenvalue weighted by molar-refractivity contribution is 5.73. The summed E-state index contributed by atoms with van der Waals surface area (Å²) in [5.41, 5.74) is 9.43. The van der Waals surface area contributed by atoms with Gasteiger partial charge < -0.3 is 10.7 Å². The molecule has 86 valence electrons. The van der Waals surface area contributed by atoms with Crippen LogP contribution in [0.25, 0.3) is 11.3 Å². The van der Waals surface area contributed by atoms with Gasteiger partial charge in [-0.05, 0) is 11.5 Å². The molecule has 3 nitrogen and oxygen atoms in total. The quantitative estimate of drug-likeness (QED) is 0.823. The molecule has 0 unspecified atom stereocenters. The van der Waals surface area contributed by atoms with Gasteiger partial charge in [-0.3, -0.25) is 0 Å². The third-order valence-corrected chi connectivity index (χ3v) is 2.82. The van der Waals surface area contributed by atoms with E-state index in [0.717, 1.165) is 16.8 Å². The van der Waals surface area contributed by atoms with Gasteiger partial charge in [0.1, 0.15) is 11.9 Å². The molecule has 1 aromatic heterocycles. The van der Waals surface area contributed by atoms with Crippen molar-refractivity contribution in [2.45, 2.75) is 19.8 Å². The lowest BCUT2D eigenvalue weighted by atomic mass is 9.96. The largest absolute Gasteiger partial charge is 0.384 e. The molecule has 0 atom stereocenters. The van der Waals surface area contributed by atoms with Crippen LogP contribution in [0.5, 0.6) is 0 Å². The lowest BCUT2D eigenvalue weighted by Gasteiger charge is -2.07. The van der Waals surface area contributed by atoms with E-state index in [1.807, 2.05) is 30.3 Å². The van der Waals surface area contributed by atoms with Crippen LogP contribution in [0.2, 0.25) is 0 Å². The summed E-state index contributed by atoms with van der Waals surface area (Å²) < 4.78 is 0. The van der Waals surface area contributed by atoms with Gasteiger partial charge in [-0.1, -0.05) is 44.2 Å². The minimum Gasteiger partial charge on any atom is -0.384 e. The fourth-order valence-electron chi connectivity index (χ4n) is 2.06. The molecule has 0 bridgehead atoms. The number of hydrogen-bond donors (Lipinski definition) is 2. The summed E-state index contributed by atoms with van der Waals surface area (Å²) >= 11 is 0. The Bertz CT molecular complexity index is 559. The van der Waals surface area contributed by atoms with Crippen LogP contribution in [-0.4, -0.2) is 4.98 Å². The van der Waals surface area contributed by atoms with Crippen LogP contribution in [-0.2, 0) is 0 Å². The van der Waals surface area contributed by atoms with Crippen LogP contribution >= 0.6 is 0 Å². The minimum absolute atomic E-state index is 0.258. The molecule has 2 aromatic rings. The number of H-pyrrole nitrogens is 1. The molecule has 1 aromatic carbocycles. The minimum atomic E-state index is 0.258. The van der Waals surface area contributed by atoms with Gasteiger partial charge >= 0.3 is 0 Å². The molecule has 0 aliphatic carbocycles. The number of nitrogen functional groups attached to an aromatic ring is 1. The maximum Gasteiger partial charge on any atom is 0.119 e. The van der Waals surface area contributed by atoms with Crippen molar-refractivity contribution < 1.29 is 0 Å². The number of rotatable bonds is 2. The molecule has 17 heavy (non-hydrogen) atoms. The predicted octanol–water partition coefficient (Wildman–Crippen LogP) is 3.26. The second kappa shape index (κ2) is 4.34. The van der Waals surface area contributed by atoms with E-state index in [4.69, 9.17) is 11.0 Å². The maximum atomic E-state index is 9.16. The molecule has 0 aliphatic heterocycles. The van der Waals surface area contributed by atoms with Gasteiger partial charge in [0.2, 0.25) is 0 Å². The van der Waals surface area contributed by atoms with E-state index in [2.05, 4.69) is 24.9 Å². The van der Waals surface area contributed by atoms with Crippen molar-refractivity contribution in [3.8, 4) is 17.3 Å². The van der Waals surface area contributed by atoms with Crippen molar-refractivity contribution in [1.29, 1.82) is 5.26 Å². The SMILES string of the molecule is CC(C)c1c(-c2ccccc2)[nH]c(N)c1C#N. The van der Waals surface area contributed by atoms with Gasteiger partial charge in [0.15, 0.2) is 0 Å². The third kappa shape index (κ3) is 1.90. The summed E-state index contributed by atoms with van der Waals surface area (Å²) in [7, 11) is 0. The number of nitrogens with one attached hydrogen (secondary N) is 1. The second-order valence-corrected chi connectivity index (χ2v) is 4.33. The summed E-state index contributed by atoms with van der Waals surface area (Å²) in [4.78, 5) is 3.12. The third-order valence-electron chi connectivity index (χ3n) is 2.82. The van der Waals surface area contributed by atoms with Crippen molar-refractivity contribution in [2.75, 3.05) is 5.73 Å².